The summed E-state index contributed by atoms with van der Waals surface area (Å²) >= 11 is 5.29. The van der Waals surface area contributed by atoms with Crippen molar-refractivity contribution in [2.75, 3.05) is 0 Å². The largest absolute Gasteiger partial charge is 0.485 e. The average Bonchev–Trinajstić information content (AvgIpc) is 3.23. The maximum absolute atomic E-state index is 6.43. The monoisotopic (exact) mass is 521 g/mol. The van der Waals surface area contributed by atoms with Crippen LogP contribution >= 0.6 is 27.3 Å². The minimum atomic E-state index is -1.84. The van der Waals surface area contributed by atoms with Crippen LogP contribution in [-0.2, 0) is 24.2 Å². The summed E-state index contributed by atoms with van der Waals surface area (Å²) in [7, 11) is -1.84. The van der Waals surface area contributed by atoms with Crippen LogP contribution in [0.25, 0.3) is 10.7 Å². The van der Waals surface area contributed by atoms with Gasteiger partial charge in [-0.2, -0.15) is 5.10 Å². The Balaban J connectivity index is 1.88. The van der Waals surface area contributed by atoms with E-state index in [2.05, 4.69) is 68.9 Å². The van der Waals surface area contributed by atoms with E-state index in [1.807, 2.05) is 29.8 Å². The smallest absolute Gasteiger partial charge is 0.192 e. The van der Waals surface area contributed by atoms with Gasteiger partial charge in [0.1, 0.15) is 27.6 Å². The quantitative estimate of drug-likeness (QED) is 0.294. The Morgan fingerprint density at radius 2 is 1.81 bits per heavy atom. The maximum atomic E-state index is 6.43. The molecule has 2 heterocycles. The molecule has 0 N–H and O–H groups in total. The number of ether oxygens (including phenoxy) is 1. The lowest BCUT2D eigenvalue weighted by atomic mass is 10.2. The molecule has 0 amide bonds. The molecule has 3 rings (SSSR count). The van der Waals surface area contributed by atoms with Gasteiger partial charge in [-0.3, -0.25) is 4.68 Å². The Bertz CT molecular complexity index is 1030. The van der Waals surface area contributed by atoms with Gasteiger partial charge in [-0.15, -0.1) is 11.3 Å². The van der Waals surface area contributed by atoms with E-state index in [1.54, 1.807) is 11.3 Å². The zero-order valence-electron chi connectivity index (χ0n) is 19.5. The van der Waals surface area contributed by atoms with Crippen LogP contribution in [0.15, 0.2) is 34.9 Å². The molecule has 2 aromatic heterocycles. The molecule has 0 atom stereocenters. The molecule has 0 saturated heterocycles. The van der Waals surface area contributed by atoms with Crippen LogP contribution in [0.4, 0.5) is 0 Å². The summed E-state index contributed by atoms with van der Waals surface area (Å²) in [6, 6.07) is 10.2. The maximum Gasteiger partial charge on any atom is 0.192 e. The highest BCUT2D eigenvalue weighted by atomic mass is 79.9. The third kappa shape index (κ3) is 5.48. The second kappa shape index (κ2) is 9.56. The average molecular weight is 523 g/mol. The van der Waals surface area contributed by atoms with Gasteiger partial charge < -0.3 is 9.16 Å². The summed E-state index contributed by atoms with van der Waals surface area (Å²) in [4.78, 5) is 5.90. The molecular formula is C23H32BrN3O2SSi. The van der Waals surface area contributed by atoms with E-state index in [0.717, 1.165) is 43.7 Å². The Hall–Kier alpha value is -1.48. The predicted molar refractivity (Wildman–Crippen MR) is 134 cm³/mol. The minimum Gasteiger partial charge on any atom is -0.485 e. The number of nitrogens with zero attached hydrogens (tertiary/aromatic N) is 3. The first kappa shape index (κ1) is 24.2. The summed E-state index contributed by atoms with van der Waals surface area (Å²) in [5, 5.41) is 5.76. The third-order valence-corrected chi connectivity index (χ3v) is 12.3. The zero-order chi connectivity index (χ0) is 22.8. The van der Waals surface area contributed by atoms with E-state index in [4.69, 9.17) is 19.2 Å². The molecule has 0 aliphatic heterocycles. The van der Waals surface area contributed by atoms with Gasteiger partial charge in [-0.1, -0.05) is 51.1 Å². The number of aromatic nitrogens is 3. The summed E-state index contributed by atoms with van der Waals surface area (Å²) in [5.74, 6) is 0.795. The molecule has 0 fully saturated rings. The second-order valence-electron chi connectivity index (χ2n) is 9.14. The number of thiazole rings is 1. The topological polar surface area (TPSA) is 49.2 Å². The van der Waals surface area contributed by atoms with Crippen molar-refractivity contribution in [3.05, 3.63) is 51.1 Å². The van der Waals surface area contributed by atoms with E-state index >= 15 is 0 Å². The van der Waals surface area contributed by atoms with Crippen LogP contribution in [-0.4, -0.2) is 23.1 Å². The van der Waals surface area contributed by atoms with E-state index in [-0.39, 0.29) is 5.04 Å². The summed E-state index contributed by atoms with van der Waals surface area (Å²) < 4.78 is 15.5. The zero-order valence-corrected chi connectivity index (χ0v) is 22.9. The van der Waals surface area contributed by atoms with Crippen molar-refractivity contribution in [3.63, 3.8) is 0 Å². The molecule has 31 heavy (non-hydrogen) atoms. The fourth-order valence-electron chi connectivity index (χ4n) is 2.89. The van der Waals surface area contributed by atoms with Gasteiger partial charge in [0.05, 0.1) is 11.5 Å². The first-order chi connectivity index (χ1) is 14.5. The Kier molecular flexibility index (Phi) is 7.45. The van der Waals surface area contributed by atoms with Gasteiger partial charge in [0.15, 0.2) is 14.1 Å². The number of hydrogen-bond acceptors (Lipinski definition) is 5. The van der Waals surface area contributed by atoms with Crippen LogP contribution in [0.5, 0.6) is 5.75 Å². The molecule has 0 aliphatic rings. The Morgan fingerprint density at radius 3 is 2.42 bits per heavy atom. The molecule has 0 saturated carbocycles. The molecule has 0 spiro atoms. The van der Waals surface area contributed by atoms with Crippen molar-refractivity contribution in [3.8, 4) is 16.5 Å². The number of hydrogen-bond donors (Lipinski definition) is 0. The first-order valence-corrected chi connectivity index (χ1v) is 15.1. The van der Waals surface area contributed by atoms with Crippen LogP contribution in [0, 0.1) is 6.92 Å². The molecule has 0 aliphatic carbocycles. The Morgan fingerprint density at radius 1 is 1.13 bits per heavy atom. The number of halogens is 1. The van der Waals surface area contributed by atoms with Crippen molar-refractivity contribution in [1.29, 1.82) is 0 Å². The molecule has 0 bridgehead atoms. The molecule has 5 nitrogen and oxygen atoms in total. The highest BCUT2D eigenvalue weighted by Crippen LogP contribution is 2.41. The van der Waals surface area contributed by atoms with Gasteiger partial charge in [0, 0.05) is 6.54 Å². The van der Waals surface area contributed by atoms with Gasteiger partial charge in [0.25, 0.3) is 0 Å². The molecule has 1 aromatic carbocycles. The Labute approximate surface area is 199 Å². The van der Waals surface area contributed by atoms with E-state index in [1.165, 1.54) is 0 Å². The van der Waals surface area contributed by atoms with Gasteiger partial charge in [-0.25, -0.2) is 4.98 Å². The SMILES string of the molecule is CCn1nc(C)c(OCc2ccccc2)c1-c1nc(Br)c(CO[Si](C)(C)C(C)(C)C)s1. The summed E-state index contributed by atoms with van der Waals surface area (Å²) in [6.07, 6.45) is 0. The van der Waals surface area contributed by atoms with E-state index in [0.29, 0.717) is 13.2 Å². The lowest BCUT2D eigenvalue weighted by molar-refractivity contribution is 0.278. The second-order valence-corrected chi connectivity index (χ2v) is 15.8. The molecular weight excluding hydrogens is 490 g/mol. The lowest BCUT2D eigenvalue weighted by Gasteiger charge is -2.36. The summed E-state index contributed by atoms with van der Waals surface area (Å²) in [6.45, 7) is 17.2. The first-order valence-electron chi connectivity index (χ1n) is 10.6. The van der Waals surface area contributed by atoms with Crippen molar-refractivity contribution in [2.24, 2.45) is 0 Å². The van der Waals surface area contributed by atoms with E-state index < -0.39 is 8.32 Å². The molecule has 8 heteroatoms. The molecule has 3 aromatic rings. The molecule has 168 valence electrons. The normalized spacial score (nSPS) is 12.4. The predicted octanol–water partition coefficient (Wildman–Crippen LogP) is 7.20. The fourth-order valence-corrected chi connectivity index (χ4v) is 5.50. The molecule has 0 unspecified atom stereocenters. The van der Waals surface area contributed by atoms with Crippen molar-refractivity contribution < 1.29 is 9.16 Å². The summed E-state index contributed by atoms with van der Waals surface area (Å²) in [5.41, 5.74) is 2.93. The van der Waals surface area contributed by atoms with Gasteiger partial charge in [0.2, 0.25) is 0 Å². The number of aryl methyl sites for hydroxylation is 2. The van der Waals surface area contributed by atoms with Crippen LogP contribution in [0.1, 0.15) is 43.8 Å². The van der Waals surface area contributed by atoms with Crippen molar-refractivity contribution >= 4 is 35.6 Å². The highest BCUT2D eigenvalue weighted by Gasteiger charge is 2.37. The lowest BCUT2D eigenvalue weighted by Crippen LogP contribution is -2.40. The van der Waals surface area contributed by atoms with Gasteiger partial charge in [-0.05, 0) is 53.5 Å². The minimum absolute atomic E-state index is 0.170. The number of benzene rings is 1. The third-order valence-electron chi connectivity index (χ3n) is 5.82. The van der Waals surface area contributed by atoms with Gasteiger partial charge >= 0.3 is 0 Å². The van der Waals surface area contributed by atoms with Crippen LogP contribution in [0.3, 0.4) is 0 Å². The number of rotatable bonds is 8. The standard InChI is InChI=1S/C23H32BrN3O2SSi/c1-8-27-19(20(16(2)26-27)28-14-17-12-10-9-11-13-17)22-25-21(24)18(30-22)15-29-31(6,7)23(3,4)5/h9-13H,8,14-15H2,1-7H3. The molecule has 0 radical (unpaired) electrons. The van der Waals surface area contributed by atoms with Crippen LogP contribution in [0.2, 0.25) is 18.1 Å². The van der Waals surface area contributed by atoms with E-state index in [9.17, 15) is 0 Å². The van der Waals surface area contributed by atoms with Crippen LogP contribution < -0.4 is 4.74 Å². The van der Waals surface area contributed by atoms with Crippen molar-refractivity contribution in [1.82, 2.24) is 14.8 Å². The highest BCUT2D eigenvalue weighted by molar-refractivity contribution is 9.10. The fraction of sp³-hybridized carbons (Fsp3) is 0.478. The van der Waals surface area contributed by atoms with Crippen molar-refractivity contribution in [2.45, 2.75) is 72.5 Å².